The van der Waals surface area contributed by atoms with Gasteiger partial charge in [0.15, 0.2) is 5.65 Å². The molecule has 0 atom stereocenters. The molecule has 0 bridgehead atoms. The largest absolute Gasteiger partial charge is 0.350 e. The summed E-state index contributed by atoms with van der Waals surface area (Å²) in [6.45, 7) is 3.60. The molecule has 0 aliphatic heterocycles. The van der Waals surface area contributed by atoms with Crippen molar-refractivity contribution in [2.45, 2.75) is 20.4 Å². The molecule has 0 unspecified atom stereocenters. The number of hydrogen-bond acceptors (Lipinski definition) is 6. The molecule has 0 aliphatic carbocycles. The van der Waals surface area contributed by atoms with Crippen molar-refractivity contribution in [3.8, 4) is 22.8 Å². The van der Waals surface area contributed by atoms with E-state index in [4.69, 9.17) is 4.52 Å². The van der Waals surface area contributed by atoms with Gasteiger partial charge in [0, 0.05) is 17.4 Å². The van der Waals surface area contributed by atoms with Crippen LogP contribution in [0.4, 0.5) is 5.69 Å². The number of benzene rings is 2. The van der Waals surface area contributed by atoms with E-state index >= 15 is 0 Å². The van der Waals surface area contributed by atoms with E-state index in [9.17, 15) is 9.59 Å². The lowest BCUT2D eigenvalue weighted by Gasteiger charge is -2.10. The quantitative estimate of drug-likeness (QED) is 0.448. The van der Waals surface area contributed by atoms with E-state index < -0.39 is 5.69 Å². The Morgan fingerprint density at radius 1 is 1.00 bits per heavy atom. The molecule has 5 rings (SSSR count). The van der Waals surface area contributed by atoms with E-state index in [2.05, 4.69) is 20.6 Å². The number of nitrogens with one attached hydrogen (secondary N) is 1. The summed E-state index contributed by atoms with van der Waals surface area (Å²) in [6, 6.07) is 18.6. The van der Waals surface area contributed by atoms with Gasteiger partial charge in [0.05, 0.1) is 5.56 Å². The molecule has 1 amide bonds. The van der Waals surface area contributed by atoms with Gasteiger partial charge in [-0.05, 0) is 37.1 Å². The standard InChI is InChI=1S/C24H20N6O3/c1-15-8-6-9-16(2)20(15)25-19(31)14-30-24(32)29-13-7-12-18(22(29)27-30)23-26-21(28-33-23)17-10-4-3-5-11-17/h3-13H,14H2,1-2H3,(H,25,31). The predicted octanol–water partition coefficient (Wildman–Crippen LogP) is 3.47. The second kappa shape index (κ2) is 8.19. The Bertz CT molecular complexity index is 1510. The molecule has 9 heteroatoms. The zero-order valence-electron chi connectivity index (χ0n) is 18.0. The Balaban J connectivity index is 1.47. The highest BCUT2D eigenvalue weighted by atomic mass is 16.5. The fourth-order valence-corrected chi connectivity index (χ4v) is 3.67. The number of pyridine rings is 1. The number of para-hydroxylation sites is 1. The van der Waals surface area contributed by atoms with Crippen LogP contribution < -0.4 is 11.0 Å². The normalized spacial score (nSPS) is 11.1. The summed E-state index contributed by atoms with van der Waals surface area (Å²) in [4.78, 5) is 30.0. The average Bonchev–Trinajstić information content (AvgIpc) is 3.43. The van der Waals surface area contributed by atoms with Gasteiger partial charge in [0.25, 0.3) is 5.89 Å². The van der Waals surface area contributed by atoms with Gasteiger partial charge in [-0.1, -0.05) is 53.7 Å². The van der Waals surface area contributed by atoms with Crippen LogP contribution in [-0.4, -0.2) is 30.2 Å². The Morgan fingerprint density at radius 2 is 1.76 bits per heavy atom. The zero-order valence-corrected chi connectivity index (χ0v) is 18.0. The molecule has 0 aliphatic rings. The number of aromatic nitrogens is 5. The number of carbonyl (C=O) groups is 1. The van der Waals surface area contributed by atoms with Crippen molar-refractivity contribution in [3.63, 3.8) is 0 Å². The number of amides is 1. The third-order valence-electron chi connectivity index (χ3n) is 5.34. The summed E-state index contributed by atoms with van der Waals surface area (Å²) < 4.78 is 7.92. The van der Waals surface area contributed by atoms with Gasteiger partial charge in [0.1, 0.15) is 6.54 Å². The fourth-order valence-electron chi connectivity index (χ4n) is 3.67. The van der Waals surface area contributed by atoms with Crippen molar-refractivity contribution < 1.29 is 9.32 Å². The van der Waals surface area contributed by atoms with Crippen LogP contribution >= 0.6 is 0 Å². The molecule has 1 N–H and O–H groups in total. The molecular weight excluding hydrogens is 420 g/mol. The van der Waals surface area contributed by atoms with Crippen molar-refractivity contribution in [2.24, 2.45) is 0 Å². The molecule has 0 radical (unpaired) electrons. The van der Waals surface area contributed by atoms with Gasteiger partial charge < -0.3 is 9.84 Å². The summed E-state index contributed by atoms with van der Waals surface area (Å²) in [5, 5.41) is 11.3. The minimum Gasteiger partial charge on any atom is -0.333 e. The molecule has 0 saturated heterocycles. The van der Waals surface area contributed by atoms with Gasteiger partial charge in [-0.3, -0.25) is 4.79 Å². The first-order valence-electron chi connectivity index (χ1n) is 10.3. The first kappa shape index (κ1) is 20.4. The van der Waals surface area contributed by atoms with Crippen molar-refractivity contribution >= 4 is 17.2 Å². The first-order valence-corrected chi connectivity index (χ1v) is 10.3. The number of hydrogen-bond donors (Lipinski definition) is 1. The summed E-state index contributed by atoms with van der Waals surface area (Å²) >= 11 is 0. The molecule has 0 spiro atoms. The van der Waals surface area contributed by atoms with E-state index in [1.807, 2.05) is 62.4 Å². The smallest absolute Gasteiger partial charge is 0.333 e. The first-order chi connectivity index (χ1) is 16.0. The van der Waals surface area contributed by atoms with Crippen LogP contribution in [0.5, 0.6) is 0 Å². The Morgan fingerprint density at radius 3 is 2.52 bits per heavy atom. The van der Waals surface area contributed by atoms with Crippen molar-refractivity contribution in [2.75, 3.05) is 5.32 Å². The van der Waals surface area contributed by atoms with Crippen LogP contribution in [0, 0.1) is 13.8 Å². The number of aryl methyl sites for hydroxylation is 2. The van der Waals surface area contributed by atoms with E-state index in [1.165, 1.54) is 4.40 Å². The lowest BCUT2D eigenvalue weighted by atomic mass is 10.1. The van der Waals surface area contributed by atoms with Crippen LogP contribution in [-0.2, 0) is 11.3 Å². The highest BCUT2D eigenvalue weighted by Crippen LogP contribution is 2.24. The third-order valence-corrected chi connectivity index (χ3v) is 5.34. The highest BCUT2D eigenvalue weighted by molar-refractivity contribution is 5.92. The molecule has 0 saturated carbocycles. The molecule has 9 nitrogen and oxygen atoms in total. The number of rotatable bonds is 5. The summed E-state index contributed by atoms with van der Waals surface area (Å²) in [5.41, 5.74) is 3.82. The van der Waals surface area contributed by atoms with Gasteiger partial charge in [0.2, 0.25) is 11.7 Å². The Hall–Kier alpha value is -4.53. The van der Waals surface area contributed by atoms with Crippen LogP contribution in [0.25, 0.3) is 28.5 Å². The van der Waals surface area contributed by atoms with Gasteiger partial charge in [-0.2, -0.15) is 4.98 Å². The second-order valence-electron chi connectivity index (χ2n) is 7.66. The SMILES string of the molecule is Cc1cccc(C)c1NC(=O)Cn1nc2c(-c3nc(-c4ccccc4)no3)cccn2c1=O. The zero-order chi connectivity index (χ0) is 22.9. The van der Waals surface area contributed by atoms with Crippen LogP contribution in [0.3, 0.4) is 0 Å². The number of anilines is 1. The fraction of sp³-hybridized carbons (Fsp3) is 0.125. The monoisotopic (exact) mass is 440 g/mol. The maximum atomic E-state index is 12.9. The van der Waals surface area contributed by atoms with E-state index in [1.54, 1.807) is 18.3 Å². The van der Waals surface area contributed by atoms with Crippen LogP contribution in [0.15, 0.2) is 76.2 Å². The van der Waals surface area contributed by atoms with E-state index in [0.717, 1.165) is 27.1 Å². The summed E-state index contributed by atoms with van der Waals surface area (Å²) in [7, 11) is 0. The molecule has 164 valence electrons. The Kier molecular flexibility index (Phi) is 5.06. The minimum atomic E-state index is -0.439. The number of nitrogens with zero attached hydrogens (tertiary/aromatic N) is 5. The maximum absolute atomic E-state index is 12.9. The van der Waals surface area contributed by atoms with Crippen molar-refractivity contribution in [1.29, 1.82) is 0 Å². The van der Waals surface area contributed by atoms with Gasteiger partial charge in [-0.25, -0.2) is 13.9 Å². The lowest BCUT2D eigenvalue weighted by Crippen LogP contribution is -2.28. The lowest BCUT2D eigenvalue weighted by molar-refractivity contribution is -0.117. The van der Waals surface area contributed by atoms with Crippen molar-refractivity contribution in [3.05, 3.63) is 88.5 Å². The van der Waals surface area contributed by atoms with Crippen molar-refractivity contribution in [1.82, 2.24) is 24.3 Å². The molecule has 5 aromatic rings. The summed E-state index contributed by atoms with van der Waals surface area (Å²) in [6.07, 6.45) is 1.59. The topological polar surface area (TPSA) is 107 Å². The van der Waals surface area contributed by atoms with Crippen LogP contribution in [0.2, 0.25) is 0 Å². The van der Waals surface area contributed by atoms with Gasteiger partial charge >= 0.3 is 5.69 Å². The predicted molar refractivity (Wildman–Crippen MR) is 123 cm³/mol. The number of carbonyl (C=O) groups excluding carboxylic acids is 1. The summed E-state index contributed by atoms with van der Waals surface area (Å²) in [5.74, 6) is 0.322. The van der Waals surface area contributed by atoms with Gasteiger partial charge in [-0.15, -0.1) is 5.10 Å². The van der Waals surface area contributed by atoms with Crippen LogP contribution in [0.1, 0.15) is 11.1 Å². The molecule has 0 fully saturated rings. The number of fused-ring (bicyclic) bond motifs is 1. The molecule has 3 aromatic heterocycles. The van der Waals surface area contributed by atoms with E-state index in [-0.39, 0.29) is 18.3 Å². The molecular formula is C24H20N6O3. The third kappa shape index (κ3) is 3.80. The molecule has 33 heavy (non-hydrogen) atoms. The molecule has 3 heterocycles. The minimum absolute atomic E-state index is 0.229. The molecule has 2 aromatic carbocycles. The second-order valence-corrected chi connectivity index (χ2v) is 7.66. The highest BCUT2D eigenvalue weighted by Gasteiger charge is 2.19. The average molecular weight is 440 g/mol. The van der Waals surface area contributed by atoms with E-state index in [0.29, 0.717) is 17.0 Å². The maximum Gasteiger partial charge on any atom is 0.350 e. The Labute approximate surface area is 188 Å².